The van der Waals surface area contributed by atoms with Crippen LogP contribution in [-0.4, -0.2) is 48.4 Å². The molecule has 1 aromatic heterocycles. The molecule has 2 heterocycles. The van der Waals surface area contributed by atoms with E-state index < -0.39 is 0 Å². The average molecular weight is 211 g/mol. The Morgan fingerprint density at radius 3 is 2.60 bits per heavy atom. The van der Waals surface area contributed by atoms with Crippen LogP contribution >= 0.6 is 0 Å². The lowest BCUT2D eigenvalue weighted by atomic mass is 10.3. The van der Waals surface area contributed by atoms with Gasteiger partial charge in [-0.3, -0.25) is 0 Å². The van der Waals surface area contributed by atoms with Crippen molar-refractivity contribution >= 4 is 11.9 Å². The Balaban J connectivity index is 2.15. The van der Waals surface area contributed by atoms with Crippen LogP contribution in [0, 0.1) is 0 Å². The predicted octanol–water partition coefficient (Wildman–Crippen LogP) is -0.703. The number of nitrogens with two attached hydrogens (primary N) is 1. The molecule has 1 aromatic rings. The van der Waals surface area contributed by atoms with E-state index in [-0.39, 0.29) is 18.1 Å². The normalized spacial score (nSPS) is 15.9. The quantitative estimate of drug-likeness (QED) is 0.707. The van der Waals surface area contributed by atoms with E-state index in [0.717, 1.165) is 0 Å². The zero-order valence-electron chi connectivity index (χ0n) is 8.67. The van der Waals surface area contributed by atoms with Gasteiger partial charge < -0.3 is 20.1 Å². The molecular weight excluding hydrogens is 198 g/mol. The molecule has 0 aliphatic carbocycles. The van der Waals surface area contributed by atoms with Gasteiger partial charge in [-0.1, -0.05) is 0 Å². The standard InChI is InChI=1S/C8H13N5O2/c1-13(2)7-10-6(9)11-8(12-7)15-5-3-14-4-5/h5H,3-4H2,1-2H3,(H2,9,10,11,12). The maximum Gasteiger partial charge on any atom is 0.323 e. The third-order valence-corrected chi connectivity index (χ3v) is 1.90. The van der Waals surface area contributed by atoms with Crippen LogP contribution in [0.1, 0.15) is 0 Å². The largest absolute Gasteiger partial charge is 0.455 e. The molecule has 1 saturated heterocycles. The minimum Gasteiger partial charge on any atom is -0.455 e. The van der Waals surface area contributed by atoms with Crippen LogP contribution in [0.2, 0.25) is 0 Å². The van der Waals surface area contributed by atoms with Crippen molar-refractivity contribution < 1.29 is 9.47 Å². The van der Waals surface area contributed by atoms with E-state index in [2.05, 4.69) is 15.0 Å². The fourth-order valence-electron chi connectivity index (χ4n) is 1.04. The number of aromatic nitrogens is 3. The molecule has 82 valence electrons. The molecule has 1 aliphatic rings. The molecule has 2 rings (SSSR count). The van der Waals surface area contributed by atoms with Crippen molar-refractivity contribution in [3.05, 3.63) is 0 Å². The summed E-state index contributed by atoms with van der Waals surface area (Å²) in [5.41, 5.74) is 5.53. The molecule has 0 spiro atoms. The van der Waals surface area contributed by atoms with Crippen LogP contribution in [0.25, 0.3) is 0 Å². The van der Waals surface area contributed by atoms with Crippen molar-refractivity contribution in [1.82, 2.24) is 15.0 Å². The van der Waals surface area contributed by atoms with Crippen LogP contribution in [-0.2, 0) is 4.74 Å². The Kier molecular flexibility index (Phi) is 2.55. The summed E-state index contributed by atoms with van der Waals surface area (Å²) in [6.45, 7) is 1.14. The van der Waals surface area contributed by atoms with Gasteiger partial charge in [-0.25, -0.2) is 0 Å². The highest BCUT2D eigenvalue weighted by molar-refractivity contribution is 5.33. The average Bonchev–Trinajstić information content (AvgIpc) is 2.10. The predicted molar refractivity (Wildman–Crippen MR) is 53.8 cm³/mol. The minimum atomic E-state index is 0.0295. The van der Waals surface area contributed by atoms with Crippen LogP contribution in [0.15, 0.2) is 0 Å². The van der Waals surface area contributed by atoms with Crippen molar-refractivity contribution in [3.8, 4) is 6.01 Å². The van der Waals surface area contributed by atoms with Crippen LogP contribution < -0.4 is 15.4 Å². The molecule has 0 unspecified atom stereocenters. The third kappa shape index (κ3) is 2.24. The fourth-order valence-corrected chi connectivity index (χ4v) is 1.04. The second-order valence-electron chi connectivity index (χ2n) is 3.45. The van der Waals surface area contributed by atoms with Gasteiger partial charge in [-0.2, -0.15) is 15.0 Å². The molecule has 2 N–H and O–H groups in total. The zero-order chi connectivity index (χ0) is 10.8. The molecule has 0 bridgehead atoms. The summed E-state index contributed by atoms with van der Waals surface area (Å²) in [6, 6.07) is 0.250. The monoisotopic (exact) mass is 211 g/mol. The van der Waals surface area contributed by atoms with Crippen molar-refractivity contribution in [1.29, 1.82) is 0 Å². The van der Waals surface area contributed by atoms with Crippen molar-refractivity contribution in [2.75, 3.05) is 37.9 Å². The van der Waals surface area contributed by atoms with E-state index in [1.165, 1.54) is 0 Å². The summed E-state index contributed by atoms with van der Waals surface area (Å²) in [7, 11) is 3.65. The zero-order valence-corrected chi connectivity index (χ0v) is 8.67. The van der Waals surface area contributed by atoms with Crippen molar-refractivity contribution in [2.45, 2.75) is 6.10 Å². The van der Waals surface area contributed by atoms with Gasteiger partial charge in [0.05, 0.1) is 13.2 Å². The molecule has 0 aromatic carbocycles. The van der Waals surface area contributed by atoms with Gasteiger partial charge >= 0.3 is 6.01 Å². The van der Waals surface area contributed by atoms with E-state index in [4.69, 9.17) is 15.2 Å². The highest BCUT2D eigenvalue weighted by Gasteiger charge is 2.22. The topological polar surface area (TPSA) is 86.4 Å². The lowest BCUT2D eigenvalue weighted by Gasteiger charge is -2.25. The molecule has 15 heavy (non-hydrogen) atoms. The van der Waals surface area contributed by atoms with E-state index >= 15 is 0 Å². The number of hydrogen-bond acceptors (Lipinski definition) is 7. The first-order valence-corrected chi connectivity index (χ1v) is 4.58. The van der Waals surface area contributed by atoms with Gasteiger partial charge in [0.1, 0.15) is 6.10 Å². The Hall–Kier alpha value is -1.63. The molecule has 7 heteroatoms. The SMILES string of the molecule is CN(C)c1nc(N)nc(OC2COC2)n1. The summed E-state index contributed by atoms with van der Waals surface area (Å²) in [5.74, 6) is 0.640. The van der Waals surface area contributed by atoms with Crippen LogP contribution in [0.3, 0.4) is 0 Å². The lowest BCUT2D eigenvalue weighted by Crippen LogP contribution is -2.39. The Morgan fingerprint density at radius 1 is 1.33 bits per heavy atom. The smallest absolute Gasteiger partial charge is 0.323 e. The highest BCUT2D eigenvalue weighted by atomic mass is 16.6. The first kappa shape index (κ1) is 9.91. The van der Waals surface area contributed by atoms with Gasteiger partial charge in [0.2, 0.25) is 11.9 Å². The van der Waals surface area contributed by atoms with Gasteiger partial charge in [-0.15, -0.1) is 0 Å². The number of anilines is 2. The first-order chi connectivity index (χ1) is 7.15. The minimum absolute atomic E-state index is 0.0295. The number of nitrogens with zero attached hydrogens (tertiary/aromatic N) is 4. The van der Waals surface area contributed by atoms with E-state index in [1.54, 1.807) is 4.90 Å². The highest BCUT2D eigenvalue weighted by Crippen LogP contribution is 2.14. The molecule has 1 fully saturated rings. The molecule has 0 amide bonds. The number of nitrogen functional groups attached to an aromatic ring is 1. The van der Waals surface area contributed by atoms with Crippen LogP contribution in [0.5, 0.6) is 6.01 Å². The maximum absolute atomic E-state index is 5.53. The van der Waals surface area contributed by atoms with Gasteiger partial charge in [0.25, 0.3) is 0 Å². The lowest BCUT2D eigenvalue weighted by molar-refractivity contribution is -0.0830. The molecule has 0 radical (unpaired) electrons. The van der Waals surface area contributed by atoms with E-state index in [1.807, 2.05) is 14.1 Å². The molecular formula is C8H13N5O2. The van der Waals surface area contributed by atoms with Gasteiger partial charge in [-0.05, 0) is 0 Å². The van der Waals surface area contributed by atoms with E-state index in [0.29, 0.717) is 19.2 Å². The summed E-state index contributed by atoms with van der Waals surface area (Å²) in [6.07, 6.45) is 0.0295. The Labute approximate surface area is 87.2 Å². The fraction of sp³-hybridized carbons (Fsp3) is 0.625. The summed E-state index contributed by atoms with van der Waals surface area (Å²) >= 11 is 0. The Morgan fingerprint density at radius 2 is 2.07 bits per heavy atom. The first-order valence-electron chi connectivity index (χ1n) is 4.58. The van der Waals surface area contributed by atoms with Crippen molar-refractivity contribution in [2.24, 2.45) is 0 Å². The Bertz CT molecular complexity index is 353. The molecule has 0 atom stereocenters. The molecule has 7 nitrogen and oxygen atoms in total. The number of ether oxygens (including phenoxy) is 2. The van der Waals surface area contributed by atoms with E-state index in [9.17, 15) is 0 Å². The third-order valence-electron chi connectivity index (χ3n) is 1.90. The summed E-state index contributed by atoms with van der Waals surface area (Å²) in [4.78, 5) is 13.7. The van der Waals surface area contributed by atoms with Gasteiger partial charge in [0.15, 0.2) is 0 Å². The number of hydrogen-bond donors (Lipinski definition) is 1. The summed E-state index contributed by atoms with van der Waals surface area (Å²) < 4.78 is 10.4. The number of rotatable bonds is 3. The van der Waals surface area contributed by atoms with Gasteiger partial charge in [0, 0.05) is 14.1 Å². The van der Waals surface area contributed by atoms with Crippen molar-refractivity contribution in [3.63, 3.8) is 0 Å². The second-order valence-corrected chi connectivity index (χ2v) is 3.45. The summed E-state index contributed by atoms with van der Waals surface area (Å²) in [5, 5.41) is 0. The molecule has 1 aliphatic heterocycles. The second kappa shape index (κ2) is 3.85. The maximum atomic E-state index is 5.53. The van der Waals surface area contributed by atoms with Crippen LogP contribution in [0.4, 0.5) is 11.9 Å². The molecule has 0 saturated carbocycles.